The minimum Gasteiger partial charge on any atom is -0.391 e. The second kappa shape index (κ2) is 5.69. The standard InChI is InChI=1S/C14H18N4O3/c19-13-5-3-1-2-4-11(13)16-14-15-10-7-6-9(18(20)21)8-12(10)17-14/h6-8,11,13,19H,1-5H2,(H2,15,16,17). The largest absolute Gasteiger partial charge is 0.391 e. The average molecular weight is 290 g/mol. The van der Waals surface area contributed by atoms with Gasteiger partial charge in [0.1, 0.15) is 0 Å². The van der Waals surface area contributed by atoms with Crippen molar-refractivity contribution in [1.29, 1.82) is 0 Å². The predicted octanol–water partition coefficient (Wildman–Crippen LogP) is 2.58. The molecule has 7 nitrogen and oxygen atoms in total. The molecule has 1 aliphatic rings. The van der Waals surface area contributed by atoms with E-state index in [1.54, 1.807) is 6.07 Å². The molecule has 0 amide bonds. The molecule has 7 heteroatoms. The van der Waals surface area contributed by atoms with E-state index >= 15 is 0 Å². The summed E-state index contributed by atoms with van der Waals surface area (Å²) in [5.74, 6) is 0.552. The number of benzene rings is 1. The van der Waals surface area contributed by atoms with Crippen LogP contribution in [0.1, 0.15) is 32.1 Å². The maximum atomic E-state index is 10.8. The number of aromatic amines is 1. The zero-order valence-electron chi connectivity index (χ0n) is 11.6. The highest BCUT2D eigenvalue weighted by Crippen LogP contribution is 2.24. The van der Waals surface area contributed by atoms with Gasteiger partial charge in [-0.05, 0) is 18.9 Å². The molecule has 21 heavy (non-hydrogen) atoms. The zero-order chi connectivity index (χ0) is 14.8. The van der Waals surface area contributed by atoms with Crippen LogP contribution in [0.5, 0.6) is 0 Å². The summed E-state index contributed by atoms with van der Waals surface area (Å²) in [5, 5.41) is 24.1. The molecule has 0 spiro atoms. The number of nitro benzene ring substituents is 1. The molecule has 1 saturated carbocycles. The number of hydrogen-bond donors (Lipinski definition) is 3. The van der Waals surface area contributed by atoms with Gasteiger partial charge in [0, 0.05) is 12.1 Å². The van der Waals surface area contributed by atoms with Gasteiger partial charge in [-0.2, -0.15) is 0 Å². The molecular weight excluding hydrogens is 272 g/mol. The second-order valence-corrected chi connectivity index (χ2v) is 5.50. The number of imidazole rings is 1. The van der Waals surface area contributed by atoms with E-state index in [9.17, 15) is 15.2 Å². The number of rotatable bonds is 3. The number of nitrogens with zero attached hydrogens (tertiary/aromatic N) is 2. The molecule has 1 aliphatic carbocycles. The van der Waals surface area contributed by atoms with E-state index in [0.29, 0.717) is 17.0 Å². The predicted molar refractivity (Wildman–Crippen MR) is 79.3 cm³/mol. The molecule has 3 N–H and O–H groups in total. The highest BCUT2D eigenvalue weighted by molar-refractivity contribution is 5.79. The molecule has 1 fully saturated rings. The molecular formula is C14H18N4O3. The maximum absolute atomic E-state index is 10.8. The molecule has 0 saturated heterocycles. The number of nitro groups is 1. The Bertz CT molecular complexity index is 655. The van der Waals surface area contributed by atoms with Crippen LogP contribution < -0.4 is 5.32 Å². The first-order valence-electron chi connectivity index (χ1n) is 7.22. The van der Waals surface area contributed by atoms with Crippen molar-refractivity contribution in [2.24, 2.45) is 0 Å². The second-order valence-electron chi connectivity index (χ2n) is 5.50. The van der Waals surface area contributed by atoms with Gasteiger partial charge < -0.3 is 15.4 Å². The average Bonchev–Trinajstić information content (AvgIpc) is 2.75. The number of non-ortho nitro benzene ring substituents is 1. The molecule has 2 atom stereocenters. The monoisotopic (exact) mass is 290 g/mol. The van der Waals surface area contributed by atoms with Crippen LogP contribution in [-0.2, 0) is 0 Å². The number of H-pyrrole nitrogens is 1. The number of aromatic nitrogens is 2. The summed E-state index contributed by atoms with van der Waals surface area (Å²) in [6.45, 7) is 0. The smallest absolute Gasteiger partial charge is 0.271 e. The molecule has 1 aromatic heterocycles. The van der Waals surface area contributed by atoms with Crippen molar-refractivity contribution in [3.63, 3.8) is 0 Å². The summed E-state index contributed by atoms with van der Waals surface area (Å²) in [6.07, 6.45) is 4.59. The normalized spacial score (nSPS) is 22.9. The number of anilines is 1. The molecule has 0 bridgehead atoms. The maximum Gasteiger partial charge on any atom is 0.271 e. The van der Waals surface area contributed by atoms with Crippen LogP contribution in [0, 0.1) is 10.1 Å². The van der Waals surface area contributed by atoms with E-state index in [1.165, 1.54) is 12.1 Å². The Hall–Kier alpha value is -2.15. The zero-order valence-corrected chi connectivity index (χ0v) is 11.6. The fourth-order valence-corrected chi connectivity index (χ4v) is 2.81. The fourth-order valence-electron chi connectivity index (χ4n) is 2.81. The summed E-state index contributed by atoms with van der Waals surface area (Å²) in [7, 11) is 0. The summed E-state index contributed by atoms with van der Waals surface area (Å²) in [5.41, 5.74) is 1.33. The lowest BCUT2D eigenvalue weighted by atomic mass is 10.1. The van der Waals surface area contributed by atoms with Gasteiger partial charge in [0.15, 0.2) is 0 Å². The minimum absolute atomic E-state index is 0.0250. The lowest BCUT2D eigenvalue weighted by Gasteiger charge is -2.21. The van der Waals surface area contributed by atoms with Crippen molar-refractivity contribution in [3.8, 4) is 0 Å². The van der Waals surface area contributed by atoms with Gasteiger partial charge in [-0.15, -0.1) is 0 Å². The van der Waals surface area contributed by atoms with Crippen molar-refractivity contribution in [3.05, 3.63) is 28.3 Å². The topological polar surface area (TPSA) is 104 Å². The van der Waals surface area contributed by atoms with Gasteiger partial charge >= 0.3 is 0 Å². The van der Waals surface area contributed by atoms with Gasteiger partial charge in [0.05, 0.1) is 28.1 Å². The van der Waals surface area contributed by atoms with Crippen molar-refractivity contribution in [1.82, 2.24) is 9.97 Å². The quantitative estimate of drug-likeness (QED) is 0.458. The van der Waals surface area contributed by atoms with Crippen molar-refractivity contribution < 1.29 is 10.0 Å². The number of hydrogen-bond acceptors (Lipinski definition) is 5. The Kier molecular flexibility index (Phi) is 3.74. The van der Waals surface area contributed by atoms with E-state index in [-0.39, 0.29) is 17.8 Å². The first-order chi connectivity index (χ1) is 10.1. The van der Waals surface area contributed by atoms with E-state index in [0.717, 1.165) is 32.1 Å². The van der Waals surface area contributed by atoms with Crippen molar-refractivity contribution >= 4 is 22.7 Å². The number of aliphatic hydroxyl groups is 1. The fraction of sp³-hybridized carbons (Fsp3) is 0.500. The Morgan fingerprint density at radius 3 is 2.95 bits per heavy atom. The number of nitrogens with one attached hydrogen (secondary N) is 2. The van der Waals surface area contributed by atoms with Crippen LogP contribution in [0.15, 0.2) is 18.2 Å². The third-order valence-electron chi connectivity index (χ3n) is 3.98. The van der Waals surface area contributed by atoms with Crippen LogP contribution in [0.4, 0.5) is 11.6 Å². The lowest BCUT2D eigenvalue weighted by molar-refractivity contribution is -0.384. The van der Waals surface area contributed by atoms with E-state index in [4.69, 9.17) is 0 Å². The molecule has 112 valence electrons. The van der Waals surface area contributed by atoms with Crippen LogP contribution >= 0.6 is 0 Å². The van der Waals surface area contributed by atoms with Crippen LogP contribution in [0.3, 0.4) is 0 Å². The molecule has 0 aliphatic heterocycles. The van der Waals surface area contributed by atoms with Crippen LogP contribution in [-0.4, -0.2) is 32.1 Å². The Labute approximate surface area is 121 Å². The third kappa shape index (κ3) is 2.97. The molecule has 2 aromatic rings. The first kappa shape index (κ1) is 13.8. The summed E-state index contributed by atoms with van der Waals surface area (Å²) < 4.78 is 0. The van der Waals surface area contributed by atoms with Gasteiger partial charge in [0.25, 0.3) is 5.69 Å². The highest BCUT2D eigenvalue weighted by atomic mass is 16.6. The Balaban J connectivity index is 1.82. The third-order valence-corrected chi connectivity index (χ3v) is 3.98. The van der Waals surface area contributed by atoms with Crippen molar-refractivity contribution in [2.45, 2.75) is 44.2 Å². The lowest BCUT2D eigenvalue weighted by Crippen LogP contribution is -2.32. The highest BCUT2D eigenvalue weighted by Gasteiger charge is 2.22. The molecule has 0 radical (unpaired) electrons. The van der Waals surface area contributed by atoms with E-state index < -0.39 is 4.92 Å². The summed E-state index contributed by atoms with van der Waals surface area (Å²) in [6, 6.07) is 4.51. The van der Waals surface area contributed by atoms with Gasteiger partial charge in [-0.25, -0.2) is 4.98 Å². The minimum atomic E-state index is -0.428. The first-order valence-corrected chi connectivity index (χ1v) is 7.22. The summed E-state index contributed by atoms with van der Waals surface area (Å²) >= 11 is 0. The van der Waals surface area contributed by atoms with Gasteiger partial charge in [-0.1, -0.05) is 19.3 Å². The Morgan fingerprint density at radius 1 is 1.33 bits per heavy atom. The number of aliphatic hydroxyl groups excluding tert-OH is 1. The Morgan fingerprint density at radius 2 is 2.14 bits per heavy atom. The molecule has 3 rings (SSSR count). The van der Waals surface area contributed by atoms with E-state index in [1.807, 2.05) is 0 Å². The van der Waals surface area contributed by atoms with Gasteiger partial charge in [-0.3, -0.25) is 10.1 Å². The molecule has 2 unspecified atom stereocenters. The van der Waals surface area contributed by atoms with Crippen molar-refractivity contribution in [2.75, 3.05) is 5.32 Å². The SMILES string of the molecule is O=[N+]([O-])c1ccc2nc(NC3CCCCCC3O)[nH]c2c1. The molecule has 1 aromatic carbocycles. The molecule has 1 heterocycles. The van der Waals surface area contributed by atoms with Gasteiger partial charge in [0.2, 0.25) is 5.95 Å². The van der Waals surface area contributed by atoms with E-state index in [2.05, 4.69) is 15.3 Å². The number of fused-ring (bicyclic) bond motifs is 1. The van der Waals surface area contributed by atoms with Crippen LogP contribution in [0.25, 0.3) is 11.0 Å². The van der Waals surface area contributed by atoms with Crippen LogP contribution in [0.2, 0.25) is 0 Å². The summed E-state index contributed by atoms with van der Waals surface area (Å²) in [4.78, 5) is 17.8.